The molecule has 0 bridgehead atoms. The Kier molecular flexibility index (Phi) is 5.79. The van der Waals surface area contributed by atoms with E-state index in [0.29, 0.717) is 31.8 Å². The molecule has 2 heterocycles. The van der Waals surface area contributed by atoms with Crippen LogP contribution < -0.4 is 5.32 Å². The second kappa shape index (κ2) is 8.08. The summed E-state index contributed by atoms with van der Waals surface area (Å²) in [6, 6.07) is 9.41. The number of benzene rings is 1. The third kappa shape index (κ3) is 4.47. The molecule has 1 saturated heterocycles. The molecule has 146 valence electrons. The predicted octanol–water partition coefficient (Wildman–Crippen LogP) is 2.60. The van der Waals surface area contributed by atoms with E-state index >= 15 is 0 Å². The zero-order valence-electron chi connectivity index (χ0n) is 16.3. The largest absolute Gasteiger partial charge is 0.385 e. The minimum Gasteiger partial charge on any atom is -0.385 e. The summed E-state index contributed by atoms with van der Waals surface area (Å²) < 4.78 is 1.71. The third-order valence-corrected chi connectivity index (χ3v) is 5.25. The molecule has 1 fully saturated rings. The van der Waals surface area contributed by atoms with Gasteiger partial charge in [-0.1, -0.05) is 44.2 Å². The van der Waals surface area contributed by atoms with Gasteiger partial charge in [-0.2, -0.15) is 5.10 Å². The zero-order valence-corrected chi connectivity index (χ0v) is 16.3. The lowest BCUT2D eigenvalue weighted by molar-refractivity contribution is -0.0170. The number of rotatable bonds is 5. The summed E-state index contributed by atoms with van der Waals surface area (Å²) in [5.74, 6) is 1.17. The lowest BCUT2D eigenvalue weighted by Crippen LogP contribution is -2.49. The first-order valence-corrected chi connectivity index (χ1v) is 9.56. The van der Waals surface area contributed by atoms with Crippen molar-refractivity contribution in [2.24, 2.45) is 13.0 Å². The van der Waals surface area contributed by atoms with Crippen LogP contribution in [-0.2, 0) is 12.6 Å². The van der Waals surface area contributed by atoms with Crippen LogP contribution in [0.15, 0.2) is 36.7 Å². The van der Waals surface area contributed by atoms with Crippen molar-refractivity contribution in [3.63, 3.8) is 0 Å². The van der Waals surface area contributed by atoms with Gasteiger partial charge in [0.25, 0.3) is 0 Å². The summed E-state index contributed by atoms with van der Waals surface area (Å²) in [7, 11) is 1.84. The molecular weight excluding hydrogens is 342 g/mol. The van der Waals surface area contributed by atoms with Gasteiger partial charge in [0.05, 0.1) is 11.6 Å². The Balaban J connectivity index is 1.63. The number of hydrogen-bond donors (Lipinski definition) is 2. The van der Waals surface area contributed by atoms with E-state index in [1.807, 2.05) is 37.4 Å². The number of aromatic nitrogens is 3. The van der Waals surface area contributed by atoms with Crippen LogP contribution in [0.5, 0.6) is 0 Å². The topological polar surface area (TPSA) is 83.3 Å². The molecule has 0 saturated carbocycles. The smallest absolute Gasteiger partial charge is 0.317 e. The standard InChI is InChI=1S/C20H29N5O2/c1-15(2)13-17(18-21-14-22-24(18)3)23-19(26)25-11-9-20(27,10-12-25)16-7-5-4-6-8-16/h4-8,14-15,17,27H,9-13H2,1-3H3,(H,23,26)/t17-/m1/s1. The fraction of sp³-hybridized carbons (Fsp3) is 0.550. The van der Waals surface area contributed by atoms with Crippen LogP contribution in [0.2, 0.25) is 0 Å². The first kappa shape index (κ1) is 19.4. The molecule has 0 aliphatic carbocycles. The SMILES string of the molecule is CC(C)C[C@@H](NC(=O)N1CCC(O)(c2ccccc2)CC1)c1ncnn1C. The van der Waals surface area contributed by atoms with Gasteiger partial charge in [0, 0.05) is 20.1 Å². The normalized spacial score (nSPS) is 17.7. The number of piperidine rings is 1. The van der Waals surface area contributed by atoms with Gasteiger partial charge in [-0.3, -0.25) is 4.68 Å². The van der Waals surface area contributed by atoms with E-state index in [-0.39, 0.29) is 12.1 Å². The number of hydrogen-bond acceptors (Lipinski definition) is 4. The molecule has 2 amide bonds. The number of carbonyl (C=O) groups excluding carboxylic acids is 1. The van der Waals surface area contributed by atoms with Crippen molar-refractivity contribution in [2.45, 2.75) is 44.8 Å². The van der Waals surface area contributed by atoms with Gasteiger partial charge in [-0.25, -0.2) is 9.78 Å². The molecule has 0 unspecified atom stereocenters. The Morgan fingerprint density at radius 1 is 1.26 bits per heavy atom. The van der Waals surface area contributed by atoms with E-state index in [0.717, 1.165) is 17.8 Å². The average Bonchev–Trinajstić information content (AvgIpc) is 3.08. The van der Waals surface area contributed by atoms with Crippen molar-refractivity contribution < 1.29 is 9.90 Å². The molecule has 0 spiro atoms. The number of nitrogens with one attached hydrogen (secondary N) is 1. The Morgan fingerprint density at radius 3 is 2.48 bits per heavy atom. The number of urea groups is 1. The van der Waals surface area contributed by atoms with Crippen LogP contribution in [0.25, 0.3) is 0 Å². The summed E-state index contributed by atoms with van der Waals surface area (Å²) in [4.78, 5) is 18.9. The molecular formula is C20H29N5O2. The lowest BCUT2D eigenvalue weighted by atomic mass is 9.84. The Labute approximate surface area is 160 Å². The molecule has 1 aromatic heterocycles. The van der Waals surface area contributed by atoms with E-state index in [4.69, 9.17) is 0 Å². The first-order chi connectivity index (χ1) is 12.9. The van der Waals surface area contributed by atoms with Crippen molar-refractivity contribution >= 4 is 6.03 Å². The number of carbonyl (C=O) groups is 1. The predicted molar refractivity (Wildman–Crippen MR) is 103 cm³/mol. The van der Waals surface area contributed by atoms with Gasteiger partial charge in [-0.15, -0.1) is 0 Å². The number of nitrogens with zero attached hydrogens (tertiary/aromatic N) is 4. The lowest BCUT2D eigenvalue weighted by Gasteiger charge is -2.39. The Hall–Kier alpha value is -2.41. The van der Waals surface area contributed by atoms with Crippen LogP contribution in [0.4, 0.5) is 4.79 Å². The van der Waals surface area contributed by atoms with Crippen molar-refractivity contribution in [1.29, 1.82) is 0 Å². The fourth-order valence-corrected chi connectivity index (χ4v) is 3.68. The summed E-state index contributed by atoms with van der Waals surface area (Å²) in [5.41, 5.74) is 0.0562. The van der Waals surface area contributed by atoms with E-state index < -0.39 is 5.60 Å². The monoisotopic (exact) mass is 371 g/mol. The minimum atomic E-state index is -0.862. The summed E-state index contributed by atoms with van der Waals surface area (Å²) in [6.07, 6.45) is 3.36. The number of aliphatic hydroxyl groups is 1. The van der Waals surface area contributed by atoms with Gasteiger partial charge in [0.2, 0.25) is 0 Å². The summed E-state index contributed by atoms with van der Waals surface area (Å²) in [5, 5.41) is 18.2. The third-order valence-electron chi connectivity index (χ3n) is 5.25. The van der Waals surface area contributed by atoms with Gasteiger partial charge in [0.15, 0.2) is 0 Å². The molecule has 27 heavy (non-hydrogen) atoms. The zero-order chi connectivity index (χ0) is 19.4. The van der Waals surface area contributed by atoms with Crippen LogP contribution in [0.3, 0.4) is 0 Å². The summed E-state index contributed by atoms with van der Waals surface area (Å²) >= 11 is 0. The van der Waals surface area contributed by atoms with Crippen LogP contribution >= 0.6 is 0 Å². The van der Waals surface area contributed by atoms with Gasteiger partial charge in [-0.05, 0) is 30.7 Å². The average molecular weight is 371 g/mol. The van der Waals surface area contributed by atoms with Crippen molar-refractivity contribution in [1.82, 2.24) is 25.0 Å². The molecule has 2 N–H and O–H groups in total. The van der Waals surface area contributed by atoms with E-state index in [1.165, 1.54) is 6.33 Å². The molecule has 1 aliphatic rings. The van der Waals surface area contributed by atoms with Gasteiger partial charge in [0.1, 0.15) is 12.2 Å². The highest BCUT2D eigenvalue weighted by Gasteiger charge is 2.36. The summed E-state index contributed by atoms with van der Waals surface area (Å²) in [6.45, 7) is 5.28. The quantitative estimate of drug-likeness (QED) is 0.846. The maximum Gasteiger partial charge on any atom is 0.317 e. The molecule has 1 aromatic carbocycles. The molecule has 7 nitrogen and oxygen atoms in total. The highest BCUT2D eigenvalue weighted by atomic mass is 16.3. The maximum absolute atomic E-state index is 12.8. The van der Waals surface area contributed by atoms with Crippen molar-refractivity contribution in [2.75, 3.05) is 13.1 Å². The molecule has 1 atom stereocenters. The number of likely N-dealkylation sites (tertiary alicyclic amines) is 1. The number of aryl methyl sites for hydroxylation is 1. The molecule has 7 heteroatoms. The second-order valence-electron chi connectivity index (χ2n) is 7.76. The van der Waals surface area contributed by atoms with Crippen molar-refractivity contribution in [3.05, 3.63) is 48.0 Å². The number of amides is 2. The molecule has 1 aliphatic heterocycles. The minimum absolute atomic E-state index is 0.112. The maximum atomic E-state index is 12.8. The molecule has 3 rings (SSSR count). The van der Waals surface area contributed by atoms with E-state index in [1.54, 1.807) is 9.58 Å². The van der Waals surface area contributed by atoms with E-state index in [2.05, 4.69) is 29.2 Å². The van der Waals surface area contributed by atoms with Crippen LogP contribution in [0, 0.1) is 5.92 Å². The molecule has 0 radical (unpaired) electrons. The van der Waals surface area contributed by atoms with Crippen molar-refractivity contribution in [3.8, 4) is 0 Å². The van der Waals surface area contributed by atoms with E-state index in [9.17, 15) is 9.90 Å². The Morgan fingerprint density at radius 2 is 1.93 bits per heavy atom. The highest BCUT2D eigenvalue weighted by molar-refractivity contribution is 5.74. The molecule has 2 aromatic rings. The van der Waals surface area contributed by atoms with Gasteiger partial charge < -0.3 is 15.3 Å². The van der Waals surface area contributed by atoms with Crippen LogP contribution in [-0.4, -0.2) is 43.9 Å². The van der Waals surface area contributed by atoms with Crippen LogP contribution in [0.1, 0.15) is 50.5 Å². The highest BCUT2D eigenvalue weighted by Crippen LogP contribution is 2.32. The first-order valence-electron chi connectivity index (χ1n) is 9.56. The van der Waals surface area contributed by atoms with Gasteiger partial charge >= 0.3 is 6.03 Å². The fourth-order valence-electron chi connectivity index (χ4n) is 3.68. The second-order valence-corrected chi connectivity index (χ2v) is 7.76. The Bertz CT molecular complexity index is 751.